The standard InChI is InChI=1S/C16H26N2O2/c1-5-6-13-7-8-14(16(19)20)15(9-13)18-12(4)10(2)11(3)17-18/h13-15H,5-9H2,1-4H3,(H,19,20). The van der Waals surface area contributed by atoms with Crippen LogP contribution in [0.5, 0.6) is 0 Å². The molecule has 1 heterocycles. The number of rotatable bonds is 4. The van der Waals surface area contributed by atoms with Crippen molar-refractivity contribution in [3.63, 3.8) is 0 Å². The number of hydrogen-bond acceptors (Lipinski definition) is 2. The van der Waals surface area contributed by atoms with Crippen molar-refractivity contribution in [2.75, 3.05) is 0 Å². The van der Waals surface area contributed by atoms with Crippen molar-refractivity contribution in [1.82, 2.24) is 9.78 Å². The zero-order valence-electron chi connectivity index (χ0n) is 13.0. The minimum absolute atomic E-state index is 0.0187. The van der Waals surface area contributed by atoms with Gasteiger partial charge in [0.2, 0.25) is 0 Å². The van der Waals surface area contributed by atoms with Crippen molar-refractivity contribution < 1.29 is 9.90 Å². The van der Waals surface area contributed by atoms with E-state index in [1.54, 1.807) is 0 Å². The first-order chi connectivity index (χ1) is 9.45. The molecule has 0 bridgehead atoms. The maximum absolute atomic E-state index is 11.6. The van der Waals surface area contributed by atoms with Gasteiger partial charge in [0.15, 0.2) is 0 Å². The Labute approximate surface area is 121 Å². The average molecular weight is 278 g/mol. The molecule has 4 nitrogen and oxygen atoms in total. The first kappa shape index (κ1) is 15.1. The summed E-state index contributed by atoms with van der Waals surface area (Å²) < 4.78 is 1.99. The van der Waals surface area contributed by atoms with Gasteiger partial charge < -0.3 is 5.11 Å². The molecule has 0 aromatic carbocycles. The normalized spacial score (nSPS) is 26.7. The van der Waals surface area contributed by atoms with Gasteiger partial charge in [-0.3, -0.25) is 9.48 Å². The lowest BCUT2D eigenvalue weighted by Crippen LogP contribution is -2.33. The Hall–Kier alpha value is -1.32. The van der Waals surface area contributed by atoms with Crippen molar-refractivity contribution in [3.8, 4) is 0 Å². The highest BCUT2D eigenvalue weighted by Gasteiger charge is 2.37. The molecule has 1 aromatic heterocycles. The van der Waals surface area contributed by atoms with Crippen LogP contribution in [-0.2, 0) is 4.79 Å². The molecule has 20 heavy (non-hydrogen) atoms. The van der Waals surface area contributed by atoms with Crippen molar-refractivity contribution in [1.29, 1.82) is 0 Å². The lowest BCUT2D eigenvalue weighted by Gasteiger charge is -2.34. The van der Waals surface area contributed by atoms with E-state index in [1.807, 2.05) is 11.6 Å². The Morgan fingerprint density at radius 1 is 1.35 bits per heavy atom. The van der Waals surface area contributed by atoms with E-state index in [-0.39, 0.29) is 12.0 Å². The molecule has 2 rings (SSSR count). The number of aromatic nitrogens is 2. The smallest absolute Gasteiger partial charge is 0.308 e. The van der Waals surface area contributed by atoms with Crippen LogP contribution in [0.15, 0.2) is 0 Å². The second kappa shape index (κ2) is 5.98. The van der Waals surface area contributed by atoms with Crippen LogP contribution in [0.2, 0.25) is 0 Å². The molecule has 0 spiro atoms. The second-order valence-electron chi connectivity index (χ2n) is 6.22. The number of carboxylic acids is 1. The summed E-state index contributed by atoms with van der Waals surface area (Å²) in [5.41, 5.74) is 3.33. The van der Waals surface area contributed by atoms with E-state index < -0.39 is 5.97 Å². The molecule has 1 N–H and O–H groups in total. The third kappa shape index (κ3) is 2.74. The Balaban J connectivity index is 2.31. The molecule has 112 valence electrons. The molecule has 1 aliphatic carbocycles. The lowest BCUT2D eigenvalue weighted by molar-refractivity contribution is -0.145. The van der Waals surface area contributed by atoms with Gasteiger partial charge in [-0.05, 0) is 51.5 Å². The van der Waals surface area contributed by atoms with E-state index in [9.17, 15) is 9.90 Å². The molecule has 3 atom stereocenters. The maximum Gasteiger partial charge on any atom is 0.308 e. The zero-order chi connectivity index (χ0) is 14.9. The van der Waals surface area contributed by atoms with Crippen LogP contribution in [0.3, 0.4) is 0 Å². The molecule has 0 radical (unpaired) electrons. The summed E-state index contributed by atoms with van der Waals surface area (Å²) in [6.07, 6.45) is 5.14. The van der Waals surface area contributed by atoms with Crippen molar-refractivity contribution in [3.05, 3.63) is 17.0 Å². The van der Waals surface area contributed by atoms with Gasteiger partial charge in [0.25, 0.3) is 0 Å². The van der Waals surface area contributed by atoms with Gasteiger partial charge in [-0.15, -0.1) is 0 Å². The number of nitrogens with zero attached hydrogens (tertiary/aromatic N) is 2. The largest absolute Gasteiger partial charge is 0.481 e. The van der Waals surface area contributed by atoms with Gasteiger partial charge in [0.1, 0.15) is 0 Å². The third-order valence-corrected chi connectivity index (χ3v) is 4.94. The van der Waals surface area contributed by atoms with Gasteiger partial charge in [-0.1, -0.05) is 19.8 Å². The van der Waals surface area contributed by atoms with E-state index in [1.165, 1.54) is 18.4 Å². The minimum atomic E-state index is -0.671. The Bertz CT molecular complexity index is 493. The summed E-state index contributed by atoms with van der Waals surface area (Å²) in [6.45, 7) is 8.32. The Kier molecular flexibility index (Phi) is 4.51. The Morgan fingerprint density at radius 3 is 2.55 bits per heavy atom. The molecule has 3 unspecified atom stereocenters. The van der Waals surface area contributed by atoms with Crippen molar-refractivity contribution >= 4 is 5.97 Å². The zero-order valence-corrected chi connectivity index (χ0v) is 13.0. The summed E-state index contributed by atoms with van der Waals surface area (Å²) >= 11 is 0. The van der Waals surface area contributed by atoms with Crippen LogP contribution in [0.25, 0.3) is 0 Å². The summed E-state index contributed by atoms with van der Waals surface area (Å²) in [5.74, 6) is -0.319. The predicted molar refractivity (Wildman–Crippen MR) is 78.8 cm³/mol. The van der Waals surface area contributed by atoms with E-state index in [2.05, 4.69) is 25.9 Å². The predicted octanol–water partition coefficient (Wildman–Crippen LogP) is 3.65. The van der Waals surface area contributed by atoms with E-state index >= 15 is 0 Å². The first-order valence-electron chi connectivity index (χ1n) is 7.70. The van der Waals surface area contributed by atoms with Crippen LogP contribution >= 0.6 is 0 Å². The first-order valence-corrected chi connectivity index (χ1v) is 7.70. The van der Waals surface area contributed by atoms with Crippen LogP contribution < -0.4 is 0 Å². The van der Waals surface area contributed by atoms with Crippen LogP contribution in [0.1, 0.15) is 62.0 Å². The summed E-state index contributed by atoms with van der Waals surface area (Å²) in [4.78, 5) is 11.6. The molecule has 1 aromatic rings. The molecular formula is C16H26N2O2. The Morgan fingerprint density at radius 2 is 2.05 bits per heavy atom. The van der Waals surface area contributed by atoms with E-state index in [0.717, 1.165) is 30.7 Å². The van der Waals surface area contributed by atoms with Crippen LogP contribution in [0.4, 0.5) is 0 Å². The van der Waals surface area contributed by atoms with Gasteiger partial charge in [-0.25, -0.2) is 0 Å². The fourth-order valence-corrected chi connectivity index (χ4v) is 3.53. The SMILES string of the molecule is CCCC1CCC(C(=O)O)C(n2nc(C)c(C)c2C)C1. The number of carboxylic acid groups (broad SMARTS) is 1. The summed E-state index contributed by atoms with van der Waals surface area (Å²) in [7, 11) is 0. The highest BCUT2D eigenvalue weighted by molar-refractivity contribution is 5.70. The molecule has 1 aliphatic rings. The number of aryl methyl sites for hydroxylation is 1. The fraction of sp³-hybridized carbons (Fsp3) is 0.750. The molecule has 1 fully saturated rings. The molecule has 0 saturated heterocycles. The van der Waals surface area contributed by atoms with Crippen LogP contribution in [-0.4, -0.2) is 20.9 Å². The fourth-order valence-electron chi connectivity index (χ4n) is 3.53. The molecule has 0 amide bonds. The number of hydrogen-bond donors (Lipinski definition) is 1. The van der Waals surface area contributed by atoms with Gasteiger partial charge in [0.05, 0.1) is 17.7 Å². The summed E-state index contributed by atoms with van der Waals surface area (Å²) in [6, 6.07) is 0.0187. The monoisotopic (exact) mass is 278 g/mol. The van der Waals surface area contributed by atoms with Crippen molar-refractivity contribution in [2.24, 2.45) is 11.8 Å². The molecular weight excluding hydrogens is 252 g/mol. The minimum Gasteiger partial charge on any atom is -0.481 e. The van der Waals surface area contributed by atoms with Crippen molar-refractivity contribution in [2.45, 2.75) is 65.8 Å². The van der Waals surface area contributed by atoms with E-state index in [0.29, 0.717) is 5.92 Å². The highest BCUT2D eigenvalue weighted by Crippen LogP contribution is 2.40. The van der Waals surface area contributed by atoms with E-state index in [4.69, 9.17) is 0 Å². The third-order valence-electron chi connectivity index (χ3n) is 4.94. The van der Waals surface area contributed by atoms with Gasteiger partial charge in [-0.2, -0.15) is 5.10 Å². The van der Waals surface area contributed by atoms with Gasteiger partial charge >= 0.3 is 5.97 Å². The topological polar surface area (TPSA) is 55.1 Å². The highest BCUT2D eigenvalue weighted by atomic mass is 16.4. The number of aliphatic carboxylic acids is 1. The number of carbonyl (C=O) groups is 1. The van der Waals surface area contributed by atoms with Gasteiger partial charge in [0, 0.05) is 5.69 Å². The molecule has 1 saturated carbocycles. The molecule has 4 heteroatoms. The summed E-state index contributed by atoms with van der Waals surface area (Å²) in [5, 5.41) is 14.1. The average Bonchev–Trinajstić information content (AvgIpc) is 2.66. The maximum atomic E-state index is 11.6. The van der Waals surface area contributed by atoms with Crippen LogP contribution in [0, 0.1) is 32.6 Å². The quantitative estimate of drug-likeness (QED) is 0.914. The molecule has 0 aliphatic heterocycles. The second-order valence-corrected chi connectivity index (χ2v) is 6.22. The lowest BCUT2D eigenvalue weighted by atomic mass is 9.76.